The van der Waals surface area contributed by atoms with Crippen molar-refractivity contribution in [3.8, 4) is 0 Å². The van der Waals surface area contributed by atoms with E-state index in [2.05, 4.69) is 19.9 Å². The van der Waals surface area contributed by atoms with Crippen molar-refractivity contribution < 1.29 is 0 Å². The van der Waals surface area contributed by atoms with E-state index in [4.69, 9.17) is 11.6 Å². The van der Waals surface area contributed by atoms with Crippen LogP contribution in [-0.2, 0) is 6.42 Å². The minimum atomic E-state index is 0.261. The number of rotatable bonds is 2. The third-order valence-corrected chi connectivity index (χ3v) is 1.87. The molecule has 2 heterocycles. The fourth-order valence-corrected chi connectivity index (χ4v) is 1.24. The second kappa shape index (κ2) is 4.11. The van der Waals surface area contributed by atoms with Crippen LogP contribution in [0.1, 0.15) is 11.4 Å². The third kappa shape index (κ3) is 2.23. The Morgan fingerprint density at radius 1 is 1.07 bits per heavy atom. The van der Waals surface area contributed by atoms with E-state index in [9.17, 15) is 0 Å². The van der Waals surface area contributed by atoms with E-state index in [1.54, 1.807) is 12.4 Å². The summed E-state index contributed by atoms with van der Waals surface area (Å²) >= 11 is 5.66. The van der Waals surface area contributed by atoms with E-state index < -0.39 is 0 Å². The second-order valence-electron chi connectivity index (χ2n) is 2.69. The first-order valence-corrected chi connectivity index (χ1v) is 4.45. The molecule has 0 bridgehead atoms. The molecular weight excluding hydrogens is 200 g/mol. The Balaban J connectivity index is 2.19. The largest absolute Gasteiger partial charge is 0.245 e. The third-order valence-electron chi connectivity index (χ3n) is 1.69. The molecule has 0 aromatic carbocycles. The summed E-state index contributed by atoms with van der Waals surface area (Å²) in [5, 5.41) is 0.261. The van der Waals surface area contributed by atoms with Gasteiger partial charge in [-0.2, -0.15) is 0 Å². The molecular formula is C9H7ClN4. The van der Waals surface area contributed by atoms with Crippen LogP contribution in [0.2, 0.25) is 5.28 Å². The Kier molecular flexibility index (Phi) is 2.65. The van der Waals surface area contributed by atoms with Crippen LogP contribution in [0.5, 0.6) is 0 Å². The van der Waals surface area contributed by atoms with E-state index in [-0.39, 0.29) is 5.28 Å². The molecule has 0 atom stereocenters. The quantitative estimate of drug-likeness (QED) is 0.699. The highest BCUT2D eigenvalue weighted by Crippen LogP contribution is 2.05. The molecule has 2 aromatic rings. The Hall–Kier alpha value is -1.55. The molecule has 0 aliphatic rings. The first kappa shape index (κ1) is 9.02. The van der Waals surface area contributed by atoms with Gasteiger partial charge in [0.05, 0.1) is 5.69 Å². The maximum absolute atomic E-state index is 5.66. The molecule has 0 saturated heterocycles. The van der Waals surface area contributed by atoms with Crippen molar-refractivity contribution in [3.63, 3.8) is 0 Å². The molecule has 0 amide bonds. The van der Waals surface area contributed by atoms with Crippen LogP contribution in [-0.4, -0.2) is 19.9 Å². The van der Waals surface area contributed by atoms with E-state index in [1.807, 2.05) is 12.1 Å². The average molecular weight is 207 g/mol. The molecule has 0 aliphatic carbocycles. The number of halogens is 1. The Bertz CT molecular complexity index is 418. The molecule has 2 aromatic heterocycles. The van der Waals surface area contributed by atoms with Crippen LogP contribution in [0.3, 0.4) is 0 Å². The number of hydrogen-bond donors (Lipinski definition) is 0. The fourth-order valence-electron chi connectivity index (χ4n) is 1.08. The summed E-state index contributed by atoms with van der Waals surface area (Å²) in [7, 11) is 0. The summed E-state index contributed by atoms with van der Waals surface area (Å²) in [5.41, 5.74) is 1.76. The summed E-state index contributed by atoms with van der Waals surface area (Å²) in [6.07, 6.45) is 5.49. The predicted octanol–water partition coefficient (Wildman–Crippen LogP) is 1.51. The lowest BCUT2D eigenvalue weighted by Gasteiger charge is -1.98. The highest BCUT2D eigenvalue weighted by Gasteiger charge is 1.99. The highest BCUT2D eigenvalue weighted by atomic mass is 35.5. The van der Waals surface area contributed by atoms with Gasteiger partial charge in [-0.05, 0) is 23.7 Å². The number of aromatic nitrogens is 4. The van der Waals surface area contributed by atoms with Crippen molar-refractivity contribution in [2.24, 2.45) is 0 Å². The van der Waals surface area contributed by atoms with Gasteiger partial charge in [0.25, 0.3) is 0 Å². The molecule has 2 rings (SSSR count). The minimum absolute atomic E-state index is 0.261. The van der Waals surface area contributed by atoms with Crippen LogP contribution in [0.4, 0.5) is 0 Å². The van der Waals surface area contributed by atoms with Gasteiger partial charge in [0.2, 0.25) is 5.28 Å². The zero-order valence-corrected chi connectivity index (χ0v) is 8.02. The number of nitrogens with zero attached hydrogens (tertiary/aromatic N) is 4. The predicted molar refractivity (Wildman–Crippen MR) is 51.9 cm³/mol. The van der Waals surface area contributed by atoms with Gasteiger partial charge in [0.15, 0.2) is 0 Å². The summed E-state index contributed by atoms with van der Waals surface area (Å²) in [6.45, 7) is 0. The van der Waals surface area contributed by atoms with E-state index in [1.165, 1.54) is 6.33 Å². The standard InChI is InChI=1S/C9H7ClN4/c10-9-12-4-2-8(14-9)5-7-1-3-11-6-13-7/h1-4,6H,5H2. The van der Waals surface area contributed by atoms with Crippen molar-refractivity contribution in [1.29, 1.82) is 0 Å². The van der Waals surface area contributed by atoms with E-state index in [0.717, 1.165) is 11.4 Å². The molecule has 0 N–H and O–H groups in total. The Labute approximate surface area is 86.0 Å². The fraction of sp³-hybridized carbons (Fsp3) is 0.111. The summed E-state index contributed by atoms with van der Waals surface area (Å²) in [4.78, 5) is 15.8. The molecule has 0 radical (unpaired) electrons. The van der Waals surface area contributed by atoms with Crippen molar-refractivity contribution in [2.75, 3.05) is 0 Å². The van der Waals surface area contributed by atoms with Gasteiger partial charge in [0.1, 0.15) is 6.33 Å². The first-order valence-electron chi connectivity index (χ1n) is 4.07. The minimum Gasteiger partial charge on any atom is -0.245 e. The Morgan fingerprint density at radius 3 is 2.64 bits per heavy atom. The molecule has 14 heavy (non-hydrogen) atoms. The van der Waals surface area contributed by atoms with E-state index >= 15 is 0 Å². The average Bonchev–Trinajstić information content (AvgIpc) is 2.19. The molecule has 4 nitrogen and oxygen atoms in total. The zero-order valence-electron chi connectivity index (χ0n) is 7.26. The SMILES string of the molecule is Clc1nccc(Cc2ccncn2)n1. The van der Waals surface area contributed by atoms with Gasteiger partial charge in [-0.25, -0.2) is 19.9 Å². The van der Waals surface area contributed by atoms with Crippen LogP contribution >= 0.6 is 11.6 Å². The molecule has 5 heteroatoms. The molecule has 0 unspecified atom stereocenters. The Morgan fingerprint density at radius 2 is 1.93 bits per heavy atom. The second-order valence-corrected chi connectivity index (χ2v) is 3.03. The normalized spacial score (nSPS) is 10.1. The van der Waals surface area contributed by atoms with Crippen molar-refractivity contribution in [3.05, 3.63) is 47.5 Å². The van der Waals surface area contributed by atoms with Gasteiger partial charge >= 0.3 is 0 Å². The van der Waals surface area contributed by atoms with Gasteiger partial charge in [0, 0.05) is 24.5 Å². The molecule has 0 saturated carbocycles. The topological polar surface area (TPSA) is 51.6 Å². The van der Waals surface area contributed by atoms with Gasteiger partial charge in [-0.15, -0.1) is 0 Å². The zero-order chi connectivity index (χ0) is 9.80. The summed E-state index contributed by atoms with van der Waals surface area (Å²) in [6, 6.07) is 3.66. The van der Waals surface area contributed by atoms with Crippen LogP contribution in [0.15, 0.2) is 30.9 Å². The lowest BCUT2D eigenvalue weighted by atomic mass is 10.2. The van der Waals surface area contributed by atoms with Crippen molar-refractivity contribution in [1.82, 2.24) is 19.9 Å². The van der Waals surface area contributed by atoms with Crippen molar-refractivity contribution >= 4 is 11.6 Å². The summed E-state index contributed by atoms with van der Waals surface area (Å²) in [5.74, 6) is 0. The van der Waals surface area contributed by atoms with Gasteiger partial charge < -0.3 is 0 Å². The molecule has 0 aliphatic heterocycles. The first-order chi connectivity index (χ1) is 6.84. The maximum atomic E-state index is 5.66. The van der Waals surface area contributed by atoms with Gasteiger partial charge in [-0.1, -0.05) is 0 Å². The van der Waals surface area contributed by atoms with E-state index in [0.29, 0.717) is 6.42 Å². The van der Waals surface area contributed by atoms with Gasteiger partial charge in [-0.3, -0.25) is 0 Å². The molecule has 0 spiro atoms. The molecule has 70 valence electrons. The van der Waals surface area contributed by atoms with Crippen LogP contribution in [0, 0.1) is 0 Å². The monoisotopic (exact) mass is 206 g/mol. The summed E-state index contributed by atoms with van der Waals surface area (Å²) < 4.78 is 0. The number of hydrogen-bond acceptors (Lipinski definition) is 4. The molecule has 0 fully saturated rings. The lowest BCUT2D eigenvalue weighted by Crippen LogP contribution is -1.96. The smallest absolute Gasteiger partial charge is 0.222 e. The van der Waals surface area contributed by atoms with Crippen molar-refractivity contribution in [2.45, 2.75) is 6.42 Å². The van der Waals surface area contributed by atoms with Crippen LogP contribution in [0.25, 0.3) is 0 Å². The van der Waals surface area contributed by atoms with Crippen LogP contribution < -0.4 is 0 Å². The highest BCUT2D eigenvalue weighted by molar-refractivity contribution is 6.28. The maximum Gasteiger partial charge on any atom is 0.222 e. The lowest BCUT2D eigenvalue weighted by molar-refractivity contribution is 0.968.